The number of benzene rings is 2. The maximum atomic E-state index is 13.1. The monoisotopic (exact) mass is 403 g/mol. The van der Waals surface area contributed by atoms with Crippen LogP contribution in [0.3, 0.4) is 0 Å². The number of carbonyl (C=O) groups is 2. The third-order valence-corrected chi connectivity index (χ3v) is 5.25. The van der Waals surface area contributed by atoms with E-state index in [-0.39, 0.29) is 11.3 Å². The fourth-order valence-corrected chi connectivity index (χ4v) is 3.64. The van der Waals surface area contributed by atoms with Gasteiger partial charge in [-0.25, -0.2) is 0 Å². The van der Waals surface area contributed by atoms with Crippen molar-refractivity contribution in [2.75, 3.05) is 12.0 Å². The van der Waals surface area contributed by atoms with E-state index in [2.05, 4.69) is 0 Å². The molecular formula is C24H21NO5. The van der Waals surface area contributed by atoms with Gasteiger partial charge in [0.1, 0.15) is 5.75 Å². The number of anilines is 1. The number of nitrogens with zero attached hydrogens (tertiary/aromatic N) is 1. The van der Waals surface area contributed by atoms with Crippen molar-refractivity contribution in [2.24, 2.45) is 0 Å². The Hall–Kier alpha value is -3.80. The van der Waals surface area contributed by atoms with Crippen molar-refractivity contribution in [1.29, 1.82) is 0 Å². The summed E-state index contributed by atoms with van der Waals surface area (Å²) >= 11 is 0. The highest BCUT2D eigenvalue weighted by Crippen LogP contribution is 2.42. The predicted octanol–water partition coefficient (Wildman–Crippen LogP) is 4.63. The van der Waals surface area contributed by atoms with Crippen molar-refractivity contribution in [2.45, 2.75) is 19.4 Å². The van der Waals surface area contributed by atoms with Crippen LogP contribution in [0.15, 0.2) is 82.7 Å². The number of amides is 1. The lowest BCUT2D eigenvalue weighted by atomic mass is 9.94. The van der Waals surface area contributed by atoms with E-state index in [9.17, 15) is 14.7 Å². The van der Waals surface area contributed by atoms with Crippen LogP contribution in [0.5, 0.6) is 5.75 Å². The first-order valence-corrected chi connectivity index (χ1v) is 9.63. The van der Waals surface area contributed by atoms with Crippen LogP contribution < -0.4 is 9.64 Å². The normalized spacial score (nSPS) is 16.3. The zero-order chi connectivity index (χ0) is 21.3. The van der Waals surface area contributed by atoms with Crippen molar-refractivity contribution in [1.82, 2.24) is 0 Å². The Kier molecular flexibility index (Phi) is 5.14. The summed E-state index contributed by atoms with van der Waals surface area (Å²) in [6.45, 7) is 2.05. The van der Waals surface area contributed by atoms with Gasteiger partial charge in [-0.1, -0.05) is 31.2 Å². The summed E-state index contributed by atoms with van der Waals surface area (Å²) in [6.07, 6.45) is 2.24. The summed E-state index contributed by atoms with van der Waals surface area (Å²) in [7, 11) is 1.56. The van der Waals surface area contributed by atoms with E-state index in [1.54, 1.807) is 37.4 Å². The van der Waals surface area contributed by atoms with Crippen LogP contribution >= 0.6 is 0 Å². The summed E-state index contributed by atoms with van der Waals surface area (Å²) in [6, 6.07) is 16.9. The lowest BCUT2D eigenvalue weighted by molar-refractivity contribution is -0.117. The quantitative estimate of drug-likeness (QED) is 0.607. The van der Waals surface area contributed by atoms with Crippen LogP contribution in [0, 0.1) is 0 Å². The first kappa shape index (κ1) is 19.5. The Labute approximate surface area is 174 Å². The van der Waals surface area contributed by atoms with Gasteiger partial charge in [0.2, 0.25) is 5.78 Å². The van der Waals surface area contributed by atoms with Crippen molar-refractivity contribution in [3.8, 4) is 5.75 Å². The molecule has 3 aromatic rings. The zero-order valence-electron chi connectivity index (χ0n) is 16.7. The third-order valence-electron chi connectivity index (χ3n) is 5.25. The molecule has 1 unspecified atom stereocenters. The van der Waals surface area contributed by atoms with Crippen LogP contribution in [0.2, 0.25) is 0 Å². The molecule has 6 heteroatoms. The number of hydrogen-bond acceptors (Lipinski definition) is 5. The first-order valence-electron chi connectivity index (χ1n) is 9.63. The minimum atomic E-state index is -0.798. The van der Waals surface area contributed by atoms with Gasteiger partial charge < -0.3 is 14.3 Å². The third kappa shape index (κ3) is 3.26. The number of hydrogen-bond donors (Lipinski definition) is 1. The van der Waals surface area contributed by atoms with Crippen LogP contribution in [-0.4, -0.2) is 23.9 Å². The van der Waals surface area contributed by atoms with Gasteiger partial charge in [0, 0.05) is 5.69 Å². The highest BCUT2D eigenvalue weighted by Gasteiger charge is 2.45. The predicted molar refractivity (Wildman–Crippen MR) is 112 cm³/mol. The number of furan rings is 1. The number of aliphatic hydroxyl groups is 1. The lowest BCUT2D eigenvalue weighted by Gasteiger charge is -2.27. The number of ketones is 1. The van der Waals surface area contributed by atoms with E-state index in [1.165, 1.54) is 17.2 Å². The molecule has 1 aromatic heterocycles. The molecular weight excluding hydrogens is 382 g/mol. The van der Waals surface area contributed by atoms with Gasteiger partial charge in [0.15, 0.2) is 11.5 Å². The Morgan fingerprint density at radius 3 is 2.37 bits per heavy atom. The van der Waals surface area contributed by atoms with Gasteiger partial charge >= 0.3 is 0 Å². The standard InChI is InChI=1S/C24H21NO5/c1-3-15-6-10-17(11-7-15)25-21(16-8-12-18(29-2)13-9-16)20(23(27)24(25)28)22(26)19-5-4-14-30-19/h4-14,21,27H,3H2,1-2H3. The average molecular weight is 403 g/mol. The van der Waals surface area contributed by atoms with Crippen molar-refractivity contribution >= 4 is 17.4 Å². The second kappa shape index (κ2) is 7.91. The Balaban J connectivity index is 1.84. The largest absolute Gasteiger partial charge is 0.503 e. The van der Waals surface area contributed by atoms with Gasteiger partial charge in [-0.15, -0.1) is 0 Å². The van der Waals surface area contributed by atoms with Crippen LogP contribution in [0.4, 0.5) is 5.69 Å². The molecule has 0 aliphatic carbocycles. The van der Waals surface area contributed by atoms with Gasteiger partial charge in [-0.3, -0.25) is 14.5 Å². The zero-order valence-corrected chi connectivity index (χ0v) is 16.7. The Morgan fingerprint density at radius 1 is 1.10 bits per heavy atom. The molecule has 4 rings (SSSR count). The minimum absolute atomic E-state index is 0.0142. The summed E-state index contributed by atoms with van der Waals surface area (Å²) in [5.41, 5.74) is 2.37. The van der Waals surface area contributed by atoms with Crippen LogP contribution in [-0.2, 0) is 11.2 Å². The molecule has 6 nitrogen and oxygen atoms in total. The maximum Gasteiger partial charge on any atom is 0.294 e. The summed E-state index contributed by atoms with van der Waals surface area (Å²) in [4.78, 5) is 27.6. The Bertz CT molecular complexity index is 1100. The van der Waals surface area contributed by atoms with E-state index in [0.29, 0.717) is 17.0 Å². The molecule has 1 aliphatic heterocycles. The van der Waals surface area contributed by atoms with Crippen molar-refractivity contribution < 1.29 is 23.8 Å². The number of ether oxygens (including phenoxy) is 1. The number of aryl methyl sites for hydroxylation is 1. The first-order chi connectivity index (χ1) is 14.5. The molecule has 2 aromatic carbocycles. The van der Waals surface area contributed by atoms with E-state index < -0.39 is 23.5 Å². The highest BCUT2D eigenvalue weighted by atomic mass is 16.5. The molecule has 1 aliphatic rings. The fraction of sp³-hybridized carbons (Fsp3) is 0.167. The SMILES string of the molecule is CCc1ccc(N2C(=O)C(O)=C(C(=O)c3ccco3)C2c2ccc(OC)cc2)cc1. The molecule has 30 heavy (non-hydrogen) atoms. The van der Waals surface area contributed by atoms with E-state index >= 15 is 0 Å². The van der Waals surface area contributed by atoms with Crippen molar-refractivity contribution in [3.63, 3.8) is 0 Å². The molecule has 2 heterocycles. The number of methoxy groups -OCH3 is 1. The van der Waals surface area contributed by atoms with Crippen LogP contribution in [0.25, 0.3) is 0 Å². The van der Waals surface area contributed by atoms with Gasteiger partial charge in [-0.2, -0.15) is 0 Å². The maximum absolute atomic E-state index is 13.1. The van der Waals surface area contributed by atoms with Crippen molar-refractivity contribution in [3.05, 3.63) is 95.1 Å². The van der Waals surface area contributed by atoms with Gasteiger partial charge in [-0.05, 0) is 53.9 Å². The Morgan fingerprint density at radius 2 is 1.80 bits per heavy atom. The average Bonchev–Trinajstić information content (AvgIpc) is 3.41. The number of rotatable bonds is 6. The van der Waals surface area contributed by atoms with E-state index in [0.717, 1.165) is 12.0 Å². The molecule has 0 radical (unpaired) electrons. The smallest absolute Gasteiger partial charge is 0.294 e. The van der Waals surface area contributed by atoms with Crippen LogP contribution in [0.1, 0.15) is 34.6 Å². The lowest BCUT2D eigenvalue weighted by Crippen LogP contribution is -2.31. The minimum Gasteiger partial charge on any atom is -0.503 e. The molecule has 0 fully saturated rings. The number of carbonyl (C=O) groups excluding carboxylic acids is 2. The van der Waals surface area contributed by atoms with Gasteiger partial charge in [0.05, 0.1) is 25.0 Å². The molecule has 0 saturated heterocycles. The molecule has 1 N–H and O–H groups in total. The summed E-state index contributed by atoms with van der Waals surface area (Å²) in [5, 5.41) is 10.7. The fourth-order valence-electron chi connectivity index (χ4n) is 3.64. The molecule has 1 atom stereocenters. The molecule has 0 bridgehead atoms. The number of Topliss-reactive ketones (excluding diaryl/α,β-unsaturated/α-hetero) is 1. The summed E-state index contributed by atoms with van der Waals surface area (Å²) < 4.78 is 10.5. The van der Waals surface area contributed by atoms with E-state index in [4.69, 9.17) is 9.15 Å². The topological polar surface area (TPSA) is 80.0 Å². The molecule has 1 amide bonds. The van der Waals surface area contributed by atoms with E-state index in [1.807, 2.05) is 31.2 Å². The second-order valence-corrected chi connectivity index (χ2v) is 6.94. The second-order valence-electron chi connectivity index (χ2n) is 6.94. The molecule has 152 valence electrons. The number of aliphatic hydroxyl groups excluding tert-OH is 1. The highest BCUT2D eigenvalue weighted by molar-refractivity contribution is 6.20. The van der Waals surface area contributed by atoms with Gasteiger partial charge in [0.25, 0.3) is 5.91 Å². The molecule has 0 spiro atoms. The summed E-state index contributed by atoms with van der Waals surface area (Å²) in [5.74, 6) is -1.02. The molecule has 0 saturated carbocycles.